The van der Waals surface area contributed by atoms with E-state index in [2.05, 4.69) is 52.6 Å². The molecule has 0 spiro atoms. The highest BCUT2D eigenvalue weighted by molar-refractivity contribution is 5.86. The molecule has 0 rings (SSSR count). The van der Waals surface area contributed by atoms with E-state index < -0.39 is 60.4 Å². The second kappa shape index (κ2) is 20.6. The van der Waals surface area contributed by atoms with Crippen molar-refractivity contribution in [2.75, 3.05) is 52.4 Å². The molecule has 10 heteroatoms. The molecule has 0 aliphatic rings. The number of carbonyl (C=O) groups excluding carboxylic acids is 4. The van der Waals surface area contributed by atoms with Gasteiger partial charge in [-0.05, 0) is 0 Å². The van der Waals surface area contributed by atoms with E-state index in [9.17, 15) is 19.2 Å². The van der Waals surface area contributed by atoms with Crippen LogP contribution in [0.5, 0.6) is 0 Å². The molecular weight excluding hydrogens is 556 g/mol. The standard InChI is InChI=1S/C34H52N6O4/c1-9-17-37(18-10-2)29(41)25-33(35,26-30(42)38(19-11-3)20-12-4)34(36,27-31(43)39(21-13-5)22-14-6)28-32(44)40(23-15-7)24-16-8/h9-16H,1-8,17-28,35-36H2. The molecule has 10 nitrogen and oxygen atoms in total. The third-order valence-electron chi connectivity index (χ3n) is 7.06. The highest BCUT2D eigenvalue weighted by atomic mass is 16.2. The van der Waals surface area contributed by atoms with Crippen LogP contribution in [0.25, 0.3) is 0 Å². The molecule has 0 aliphatic heterocycles. The summed E-state index contributed by atoms with van der Waals surface area (Å²) in [5.41, 5.74) is 10.4. The average Bonchev–Trinajstić information content (AvgIpc) is 2.96. The van der Waals surface area contributed by atoms with Gasteiger partial charge in [0.15, 0.2) is 0 Å². The molecule has 0 radical (unpaired) electrons. The molecule has 0 unspecified atom stereocenters. The summed E-state index contributed by atoms with van der Waals surface area (Å²) in [5, 5.41) is 0. The zero-order chi connectivity index (χ0) is 33.8. The molecule has 0 aromatic heterocycles. The Bertz CT molecular complexity index is 882. The average molecular weight is 609 g/mol. The molecule has 0 aliphatic carbocycles. The highest BCUT2D eigenvalue weighted by Crippen LogP contribution is 2.34. The number of nitrogens with two attached hydrogens (primary N) is 2. The summed E-state index contributed by atoms with van der Waals surface area (Å²) >= 11 is 0. The van der Waals surface area contributed by atoms with Crippen molar-refractivity contribution in [2.24, 2.45) is 11.5 Å². The van der Waals surface area contributed by atoms with E-state index in [1.54, 1.807) is 48.6 Å². The highest BCUT2D eigenvalue weighted by Gasteiger charge is 2.52. The summed E-state index contributed by atoms with van der Waals surface area (Å²) in [6, 6.07) is 0. The number of rotatable bonds is 25. The van der Waals surface area contributed by atoms with Gasteiger partial charge < -0.3 is 31.1 Å². The van der Waals surface area contributed by atoms with Crippen LogP contribution in [0.1, 0.15) is 25.7 Å². The van der Waals surface area contributed by atoms with Crippen molar-refractivity contribution in [3.05, 3.63) is 101 Å². The summed E-state index contributed by atoms with van der Waals surface area (Å²) in [6.45, 7) is 31.2. The van der Waals surface area contributed by atoms with Gasteiger partial charge in [0.2, 0.25) is 23.6 Å². The van der Waals surface area contributed by atoms with Crippen LogP contribution in [0, 0.1) is 0 Å². The van der Waals surface area contributed by atoms with Crippen LogP contribution in [-0.4, -0.2) is 107 Å². The number of carbonyl (C=O) groups is 4. The molecule has 242 valence electrons. The zero-order valence-electron chi connectivity index (χ0n) is 26.3. The van der Waals surface area contributed by atoms with Gasteiger partial charge in [-0.1, -0.05) is 48.6 Å². The van der Waals surface area contributed by atoms with Crippen LogP contribution in [0.15, 0.2) is 101 Å². The fourth-order valence-corrected chi connectivity index (χ4v) is 4.72. The minimum atomic E-state index is -1.87. The maximum Gasteiger partial charge on any atom is 0.225 e. The van der Waals surface area contributed by atoms with Crippen LogP contribution < -0.4 is 11.5 Å². The summed E-state index contributed by atoms with van der Waals surface area (Å²) in [7, 11) is 0. The van der Waals surface area contributed by atoms with Gasteiger partial charge in [0.05, 0.1) is 11.1 Å². The van der Waals surface area contributed by atoms with E-state index in [-0.39, 0.29) is 52.4 Å². The van der Waals surface area contributed by atoms with Crippen molar-refractivity contribution < 1.29 is 19.2 Å². The first-order valence-electron chi connectivity index (χ1n) is 14.4. The Labute approximate surface area is 264 Å². The van der Waals surface area contributed by atoms with Crippen molar-refractivity contribution in [3.8, 4) is 0 Å². The summed E-state index contributed by atoms with van der Waals surface area (Å²) < 4.78 is 0. The fraction of sp³-hybridized carbons (Fsp3) is 0.412. The second-order valence-electron chi connectivity index (χ2n) is 10.5. The molecule has 0 fully saturated rings. The van der Waals surface area contributed by atoms with Crippen LogP contribution in [0.3, 0.4) is 0 Å². The third kappa shape index (κ3) is 12.1. The predicted octanol–water partition coefficient (Wildman–Crippen LogP) is 2.74. The molecule has 4 amide bonds. The van der Waals surface area contributed by atoms with Crippen molar-refractivity contribution in [1.29, 1.82) is 0 Å². The van der Waals surface area contributed by atoms with Crippen LogP contribution >= 0.6 is 0 Å². The van der Waals surface area contributed by atoms with Gasteiger partial charge >= 0.3 is 0 Å². The van der Waals surface area contributed by atoms with Crippen LogP contribution in [-0.2, 0) is 19.2 Å². The van der Waals surface area contributed by atoms with E-state index in [1.165, 1.54) is 19.6 Å². The largest absolute Gasteiger partial charge is 0.335 e. The Morgan fingerprint density at radius 1 is 0.386 bits per heavy atom. The molecule has 44 heavy (non-hydrogen) atoms. The van der Waals surface area contributed by atoms with Gasteiger partial charge in [-0.3, -0.25) is 19.2 Å². The monoisotopic (exact) mass is 608 g/mol. The van der Waals surface area contributed by atoms with Gasteiger partial charge in [-0.25, -0.2) is 0 Å². The minimum absolute atomic E-state index is 0.183. The lowest BCUT2D eigenvalue weighted by Gasteiger charge is -2.47. The molecule has 0 bridgehead atoms. The Hall–Kier alpha value is -4.28. The van der Waals surface area contributed by atoms with Gasteiger partial charge in [0.25, 0.3) is 0 Å². The first-order valence-corrected chi connectivity index (χ1v) is 14.4. The topological polar surface area (TPSA) is 133 Å². The van der Waals surface area contributed by atoms with Crippen LogP contribution in [0.4, 0.5) is 0 Å². The zero-order valence-corrected chi connectivity index (χ0v) is 26.3. The van der Waals surface area contributed by atoms with E-state index in [0.29, 0.717) is 0 Å². The SMILES string of the molecule is C=CCN(CC=C)C(=O)CC(N)(CC(=O)N(CC=C)CC=C)C(N)(CC(=O)N(CC=C)CC=C)CC(=O)N(CC=C)CC=C. The summed E-state index contributed by atoms with van der Waals surface area (Å²) in [5.74, 6) is -1.79. The summed E-state index contributed by atoms with van der Waals surface area (Å²) in [6.07, 6.45) is 10.6. The quantitative estimate of drug-likeness (QED) is 0.153. The Morgan fingerprint density at radius 2 is 0.523 bits per heavy atom. The number of amides is 4. The molecule has 0 saturated heterocycles. The maximum absolute atomic E-state index is 13.7. The molecular formula is C34H52N6O4. The first kappa shape index (κ1) is 39.7. The van der Waals surface area contributed by atoms with E-state index >= 15 is 0 Å². The van der Waals surface area contributed by atoms with Crippen molar-refractivity contribution in [1.82, 2.24) is 19.6 Å². The van der Waals surface area contributed by atoms with Gasteiger partial charge in [-0.15, -0.1) is 52.6 Å². The fourth-order valence-electron chi connectivity index (χ4n) is 4.72. The van der Waals surface area contributed by atoms with E-state index in [0.717, 1.165) is 0 Å². The number of hydrogen-bond donors (Lipinski definition) is 2. The van der Waals surface area contributed by atoms with E-state index in [4.69, 9.17) is 11.5 Å². The normalized spacial score (nSPS) is 10.9. The van der Waals surface area contributed by atoms with E-state index in [1.807, 2.05) is 0 Å². The molecule has 0 atom stereocenters. The molecule has 0 aromatic rings. The first-order chi connectivity index (χ1) is 20.9. The smallest absolute Gasteiger partial charge is 0.225 e. The lowest BCUT2D eigenvalue weighted by molar-refractivity contribution is -0.142. The Balaban J connectivity index is 7.26. The molecule has 0 saturated carbocycles. The van der Waals surface area contributed by atoms with Crippen LogP contribution in [0.2, 0.25) is 0 Å². The second-order valence-corrected chi connectivity index (χ2v) is 10.5. The Morgan fingerprint density at radius 3 is 0.636 bits per heavy atom. The van der Waals surface area contributed by atoms with Gasteiger partial charge in [0, 0.05) is 78.0 Å². The predicted molar refractivity (Wildman–Crippen MR) is 180 cm³/mol. The van der Waals surface area contributed by atoms with Crippen molar-refractivity contribution in [3.63, 3.8) is 0 Å². The third-order valence-corrected chi connectivity index (χ3v) is 7.06. The maximum atomic E-state index is 13.7. The van der Waals surface area contributed by atoms with Gasteiger partial charge in [-0.2, -0.15) is 0 Å². The molecule has 0 heterocycles. The number of nitrogens with zero attached hydrogens (tertiary/aromatic N) is 4. The summed E-state index contributed by atoms with van der Waals surface area (Å²) in [4.78, 5) is 60.7. The lowest BCUT2D eigenvalue weighted by Crippen LogP contribution is -2.70. The number of hydrogen-bond acceptors (Lipinski definition) is 6. The van der Waals surface area contributed by atoms with Crippen molar-refractivity contribution in [2.45, 2.75) is 36.8 Å². The van der Waals surface area contributed by atoms with Gasteiger partial charge in [0.1, 0.15) is 0 Å². The minimum Gasteiger partial charge on any atom is -0.335 e. The van der Waals surface area contributed by atoms with Crippen molar-refractivity contribution >= 4 is 23.6 Å². The molecule has 4 N–H and O–H groups in total. The lowest BCUT2D eigenvalue weighted by atomic mass is 9.68. The Kier molecular flexibility index (Phi) is 18.6. The molecule has 0 aromatic carbocycles.